The number of nitrogens with one attached hydrogen (secondary N) is 1. The monoisotopic (exact) mass is 250 g/mol. The molecular formula is C14H22N2O2. The number of hydrogen-bond donors (Lipinski definition) is 3. The summed E-state index contributed by atoms with van der Waals surface area (Å²) in [5.41, 5.74) is 6.40. The number of hydrogen-bond acceptors (Lipinski definition) is 3. The molecule has 0 aliphatic carbocycles. The van der Waals surface area contributed by atoms with Crippen molar-refractivity contribution >= 4 is 11.6 Å². The minimum atomic E-state index is -0.229. The summed E-state index contributed by atoms with van der Waals surface area (Å²) in [6.45, 7) is 5.01. The van der Waals surface area contributed by atoms with Crippen LogP contribution in [0.15, 0.2) is 18.2 Å². The number of aromatic hydroxyl groups is 1. The van der Waals surface area contributed by atoms with E-state index in [-0.39, 0.29) is 11.7 Å². The number of nitrogens with two attached hydrogens (primary N) is 1. The predicted octanol–water partition coefficient (Wildman–Crippen LogP) is 2.53. The zero-order chi connectivity index (χ0) is 13.5. The van der Waals surface area contributed by atoms with Gasteiger partial charge in [0.1, 0.15) is 5.75 Å². The van der Waals surface area contributed by atoms with E-state index in [1.807, 2.05) is 0 Å². The molecule has 1 aromatic rings. The number of amides is 1. The highest BCUT2D eigenvalue weighted by Crippen LogP contribution is 2.18. The Bertz CT molecular complexity index is 403. The van der Waals surface area contributed by atoms with Gasteiger partial charge in [-0.1, -0.05) is 26.7 Å². The van der Waals surface area contributed by atoms with Crippen molar-refractivity contribution in [2.75, 3.05) is 12.3 Å². The van der Waals surface area contributed by atoms with E-state index >= 15 is 0 Å². The van der Waals surface area contributed by atoms with Gasteiger partial charge in [0.2, 0.25) is 0 Å². The first-order valence-corrected chi connectivity index (χ1v) is 6.37. The van der Waals surface area contributed by atoms with E-state index in [9.17, 15) is 9.90 Å². The molecule has 0 bridgehead atoms. The third-order valence-electron chi connectivity index (χ3n) is 2.78. The fraction of sp³-hybridized carbons (Fsp3) is 0.500. The van der Waals surface area contributed by atoms with Crippen LogP contribution in [0, 0.1) is 5.92 Å². The molecule has 100 valence electrons. The quantitative estimate of drug-likeness (QED) is 0.412. The minimum absolute atomic E-state index is 0.0501. The van der Waals surface area contributed by atoms with Crippen LogP contribution in [0.1, 0.15) is 43.5 Å². The average molecular weight is 250 g/mol. The lowest BCUT2D eigenvalue weighted by Crippen LogP contribution is -2.25. The second kappa shape index (κ2) is 6.89. The molecule has 0 heterocycles. The SMILES string of the molecule is CC(C)CCCCNC(=O)c1cc(O)ccc1N. The van der Waals surface area contributed by atoms with Crippen molar-refractivity contribution < 1.29 is 9.90 Å². The Morgan fingerprint density at radius 3 is 2.78 bits per heavy atom. The number of unbranched alkanes of at least 4 members (excludes halogenated alkanes) is 1. The molecule has 1 amide bonds. The van der Waals surface area contributed by atoms with Crippen LogP contribution in [0.3, 0.4) is 0 Å². The van der Waals surface area contributed by atoms with Crippen molar-refractivity contribution in [2.45, 2.75) is 33.1 Å². The van der Waals surface area contributed by atoms with Gasteiger partial charge in [-0.15, -0.1) is 0 Å². The lowest BCUT2D eigenvalue weighted by atomic mass is 10.1. The topological polar surface area (TPSA) is 75.3 Å². The number of rotatable bonds is 6. The van der Waals surface area contributed by atoms with Crippen molar-refractivity contribution in [3.05, 3.63) is 23.8 Å². The molecule has 1 rings (SSSR count). The molecule has 1 aromatic carbocycles. The summed E-state index contributed by atoms with van der Waals surface area (Å²) in [6.07, 6.45) is 3.24. The molecule has 0 saturated carbocycles. The Morgan fingerprint density at radius 2 is 2.11 bits per heavy atom. The maximum absolute atomic E-state index is 11.8. The third kappa shape index (κ3) is 4.65. The number of nitrogen functional groups attached to an aromatic ring is 1. The Morgan fingerprint density at radius 1 is 1.39 bits per heavy atom. The fourth-order valence-corrected chi connectivity index (χ4v) is 1.72. The van der Waals surface area contributed by atoms with E-state index in [1.54, 1.807) is 0 Å². The van der Waals surface area contributed by atoms with Gasteiger partial charge in [0, 0.05) is 12.2 Å². The van der Waals surface area contributed by atoms with Crippen LogP contribution >= 0.6 is 0 Å². The molecule has 4 heteroatoms. The van der Waals surface area contributed by atoms with E-state index in [2.05, 4.69) is 19.2 Å². The molecule has 18 heavy (non-hydrogen) atoms. The van der Waals surface area contributed by atoms with Gasteiger partial charge >= 0.3 is 0 Å². The zero-order valence-corrected chi connectivity index (χ0v) is 11.1. The second-order valence-corrected chi connectivity index (χ2v) is 4.92. The Hall–Kier alpha value is -1.71. The van der Waals surface area contributed by atoms with Crippen LogP contribution in [0.2, 0.25) is 0 Å². The van der Waals surface area contributed by atoms with Gasteiger partial charge in [-0.25, -0.2) is 0 Å². The molecule has 4 nitrogen and oxygen atoms in total. The molecule has 0 atom stereocenters. The van der Waals surface area contributed by atoms with E-state index in [0.29, 0.717) is 23.7 Å². The van der Waals surface area contributed by atoms with Crippen molar-refractivity contribution in [2.24, 2.45) is 5.92 Å². The van der Waals surface area contributed by atoms with Crippen LogP contribution in [-0.2, 0) is 0 Å². The van der Waals surface area contributed by atoms with Crippen molar-refractivity contribution in [3.63, 3.8) is 0 Å². The molecule has 0 aromatic heterocycles. The highest BCUT2D eigenvalue weighted by molar-refractivity contribution is 5.99. The van der Waals surface area contributed by atoms with E-state index in [1.165, 1.54) is 24.6 Å². The summed E-state index contributed by atoms with van der Waals surface area (Å²) in [7, 11) is 0. The van der Waals surface area contributed by atoms with Gasteiger partial charge in [-0.05, 0) is 30.5 Å². The number of carbonyl (C=O) groups is 1. The predicted molar refractivity (Wildman–Crippen MR) is 73.5 cm³/mol. The highest BCUT2D eigenvalue weighted by atomic mass is 16.3. The van der Waals surface area contributed by atoms with E-state index in [4.69, 9.17) is 5.73 Å². The lowest BCUT2D eigenvalue weighted by Gasteiger charge is -2.08. The number of benzene rings is 1. The maximum Gasteiger partial charge on any atom is 0.253 e. The summed E-state index contributed by atoms with van der Waals surface area (Å²) in [5.74, 6) is 0.518. The van der Waals surface area contributed by atoms with Crippen LogP contribution in [0.4, 0.5) is 5.69 Å². The molecule has 0 spiro atoms. The minimum Gasteiger partial charge on any atom is -0.508 e. The first-order chi connectivity index (χ1) is 8.50. The second-order valence-electron chi connectivity index (χ2n) is 4.92. The summed E-state index contributed by atoms with van der Waals surface area (Å²) < 4.78 is 0. The smallest absolute Gasteiger partial charge is 0.253 e. The van der Waals surface area contributed by atoms with E-state index in [0.717, 1.165) is 12.8 Å². The zero-order valence-electron chi connectivity index (χ0n) is 11.1. The Labute approximate surface area is 108 Å². The van der Waals surface area contributed by atoms with Gasteiger partial charge in [0.25, 0.3) is 5.91 Å². The summed E-state index contributed by atoms with van der Waals surface area (Å²) in [6, 6.07) is 4.39. The van der Waals surface area contributed by atoms with Crippen molar-refractivity contribution in [1.29, 1.82) is 0 Å². The lowest BCUT2D eigenvalue weighted by molar-refractivity contribution is 0.0953. The van der Waals surface area contributed by atoms with Gasteiger partial charge in [-0.2, -0.15) is 0 Å². The molecule has 0 saturated heterocycles. The van der Waals surface area contributed by atoms with Crippen LogP contribution in [-0.4, -0.2) is 17.6 Å². The van der Waals surface area contributed by atoms with Crippen LogP contribution in [0.5, 0.6) is 5.75 Å². The summed E-state index contributed by atoms with van der Waals surface area (Å²) in [5, 5.41) is 12.1. The number of anilines is 1. The summed E-state index contributed by atoms with van der Waals surface area (Å²) in [4.78, 5) is 11.8. The standard InChI is InChI=1S/C14H22N2O2/c1-10(2)5-3-4-8-16-14(18)12-9-11(17)6-7-13(12)15/h6-7,9-10,17H,3-5,8,15H2,1-2H3,(H,16,18). The molecule has 0 aliphatic heterocycles. The third-order valence-corrected chi connectivity index (χ3v) is 2.78. The maximum atomic E-state index is 11.8. The highest BCUT2D eigenvalue weighted by Gasteiger charge is 2.09. The first kappa shape index (κ1) is 14.4. The van der Waals surface area contributed by atoms with Crippen LogP contribution in [0.25, 0.3) is 0 Å². The number of carbonyl (C=O) groups excluding carboxylic acids is 1. The number of phenols is 1. The largest absolute Gasteiger partial charge is 0.508 e. The Kier molecular flexibility index (Phi) is 5.49. The van der Waals surface area contributed by atoms with E-state index < -0.39 is 0 Å². The summed E-state index contributed by atoms with van der Waals surface area (Å²) >= 11 is 0. The normalized spacial score (nSPS) is 10.6. The van der Waals surface area contributed by atoms with Gasteiger partial charge in [0.05, 0.1) is 5.56 Å². The van der Waals surface area contributed by atoms with Crippen molar-refractivity contribution in [3.8, 4) is 5.75 Å². The fourth-order valence-electron chi connectivity index (χ4n) is 1.72. The van der Waals surface area contributed by atoms with Gasteiger partial charge < -0.3 is 16.2 Å². The molecule has 0 radical (unpaired) electrons. The van der Waals surface area contributed by atoms with Crippen LogP contribution < -0.4 is 11.1 Å². The van der Waals surface area contributed by atoms with Crippen molar-refractivity contribution in [1.82, 2.24) is 5.32 Å². The number of phenolic OH excluding ortho intramolecular Hbond substituents is 1. The molecule has 0 unspecified atom stereocenters. The Balaban J connectivity index is 2.39. The molecular weight excluding hydrogens is 228 g/mol. The first-order valence-electron chi connectivity index (χ1n) is 6.37. The van der Waals surface area contributed by atoms with Gasteiger partial charge in [0.15, 0.2) is 0 Å². The molecule has 0 fully saturated rings. The average Bonchev–Trinajstić information content (AvgIpc) is 2.31. The van der Waals surface area contributed by atoms with Gasteiger partial charge in [-0.3, -0.25) is 4.79 Å². The molecule has 4 N–H and O–H groups in total. The molecule has 0 aliphatic rings.